The van der Waals surface area contributed by atoms with Gasteiger partial charge in [-0.15, -0.1) is 10.2 Å². The number of hydrogen-bond acceptors (Lipinski definition) is 5. The average molecular weight is 240 g/mol. The number of aryl methyl sites for hydroxylation is 1. The summed E-state index contributed by atoms with van der Waals surface area (Å²) in [6.45, 7) is 2.01. The van der Waals surface area contributed by atoms with E-state index in [1.54, 1.807) is 0 Å². The van der Waals surface area contributed by atoms with Crippen molar-refractivity contribution in [3.63, 3.8) is 0 Å². The first kappa shape index (κ1) is 11.5. The highest BCUT2D eigenvalue weighted by Crippen LogP contribution is 2.26. The van der Waals surface area contributed by atoms with E-state index >= 15 is 0 Å². The van der Waals surface area contributed by atoms with Crippen molar-refractivity contribution >= 4 is 22.4 Å². The lowest BCUT2D eigenvalue weighted by atomic mass is 10.0. The Kier molecular flexibility index (Phi) is 3.50. The third kappa shape index (κ3) is 2.38. The van der Waals surface area contributed by atoms with E-state index in [4.69, 9.17) is 5.73 Å². The lowest BCUT2D eigenvalue weighted by molar-refractivity contribution is -0.120. The lowest BCUT2D eigenvalue weighted by Gasteiger charge is -2.13. The van der Waals surface area contributed by atoms with E-state index in [1.807, 2.05) is 6.92 Å². The van der Waals surface area contributed by atoms with Crippen LogP contribution in [0.3, 0.4) is 0 Å². The van der Waals surface area contributed by atoms with Crippen molar-refractivity contribution in [2.45, 2.75) is 38.6 Å². The predicted octanol–water partition coefficient (Wildman–Crippen LogP) is 1.17. The van der Waals surface area contributed by atoms with Crippen molar-refractivity contribution in [2.75, 3.05) is 5.32 Å². The minimum atomic E-state index is -0.0611. The van der Waals surface area contributed by atoms with Crippen molar-refractivity contribution in [1.82, 2.24) is 10.2 Å². The Hall–Kier alpha value is -1.01. The molecule has 1 saturated carbocycles. The largest absolute Gasteiger partial charge is 0.327 e. The minimum absolute atomic E-state index is 0.00133. The number of carbonyl (C=O) groups excluding carboxylic acids is 1. The van der Waals surface area contributed by atoms with Gasteiger partial charge in [-0.3, -0.25) is 4.79 Å². The number of hydrogen-bond donors (Lipinski definition) is 2. The van der Waals surface area contributed by atoms with E-state index in [2.05, 4.69) is 15.5 Å². The highest BCUT2D eigenvalue weighted by molar-refractivity contribution is 7.15. The maximum atomic E-state index is 11.9. The smallest absolute Gasteiger partial charge is 0.230 e. The number of nitrogens with one attached hydrogen (secondary N) is 1. The molecule has 2 unspecified atom stereocenters. The number of amides is 1. The van der Waals surface area contributed by atoms with Crippen LogP contribution < -0.4 is 11.1 Å². The van der Waals surface area contributed by atoms with E-state index in [0.29, 0.717) is 5.13 Å². The van der Waals surface area contributed by atoms with E-state index in [0.717, 1.165) is 30.7 Å². The second kappa shape index (κ2) is 4.88. The molecule has 0 spiro atoms. The Morgan fingerprint density at radius 3 is 2.94 bits per heavy atom. The lowest BCUT2D eigenvalue weighted by Crippen LogP contribution is -2.34. The van der Waals surface area contributed by atoms with Crippen LogP contribution in [0.5, 0.6) is 0 Å². The molecule has 0 radical (unpaired) electrons. The van der Waals surface area contributed by atoms with Crippen LogP contribution >= 0.6 is 11.3 Å². The molecule has 6 heteroatoms. The van der Waals surface area contributed by atoms with Crippen LogP contribution in [0, 0.1) is 5.92 Å². The highest BCUT2D eigenvalue weighted by atomic mass is 32.1. The Morgan fingerprint density at radius 2 is 2.38 bits per heavy atom. The van der Waals surface area contributed by atoms with Gasteiger partial charge in [0.05, 0.1) is 5.92 Å². The van der Waals surface area contributed by atoms with Gasteiger partial charge in [-0.2, -0.15) is 0 Å². The van der Waals surface area contributed by atoms with Crippen molar-refractivity contribution in [2.24, 2.45) is 11.7 Å². The van der Waals surface area contributed by atoms with Crippen LogP contribution in [0.1, 0.15) is 31.2 Å². The van der Waals surface area contributed by atoms with Crippen molar-refractivity contribution < 1.29 is 4.79 Å². The first-order valence-electron chi connectivity index (χ1n) is 5.59. The standard InChI is InChI=1S/C10H16N4OS/c1-2-8-13-14-10(16-8)12-9(15)6-4-3-5-7(6)11/h6-7H,2-5,11H2,1H3,(H,12,14,15). The van der Waals surface area contributed by atoms with Gasteiger partial charge in [0, 0.05) is 6.04 Å². The normalized spacial score (nSPS) is 24.6. The van der Waals surface area contributed by atoms with Gasteiger partial charge in [0.1, 0.15) is 5.01 Å². The molecule has 1 aliphatic rings. The Bertz CT molecular complexity index is 379. The third-order valence-corrected chi connectivity index (χ3v) is 3.89. The summed E-state index contributed by atoms with van der Waals surface area (Å²) in [6.07, 6.45) is 3.70. The topological polar surface area (TPSA) is 80.9 Å². The summed E-state index contributed by atoms with van der Waals surface area (Å²) in [5.74, 6) is -0.0715. The van der Waals surface area contributed by atoms with Gasteiger partial charge in [-0.25, -0.2) is 0 Å². The molecule has 1 aliphatic carbocycles. The van der Waals surface area contributed by atoms with Gasteiger partial charge in [0.25, 0.3) is 0 Å². The van der Waals surface area contributed by atoms with Gasteiger partial charge in [0.2, 0.25) is 11.0 Å². The summed E-state index contributed by atoms with van der Waals surface area (Å²) in [7, 11) is 0. The van der Waals surface area contributed by atoms with Crippen LogP contribution in [-0.2, 0) is 11.2 Å². The van der Waals surface area contributed by atoms with Crippen LogP contribution in [0.4, 0.5) is 5.13 Å². The molecule has 3 N–H and O–H groups in total. The van der Waals surface area contributed by atoms with Gasteiger partial charge < -0.3 is 11.1 Å². The molecule has 1 aromatic heterocycles. The summed E-state index contributed by atoms with van der Waals surface area (Å²) in [6, 6.07) is -0.00133. The number of nitrogens with two attached hydrogens (primary N) is 1. The summed E-state index contributed by atoms with van der Waals surface area (Å²) in [4.78, 5) is 11.9. The van der Waals surface area contributed by atoms with Crippen molar-refractivity contribution in [3.8, 4) is 0 Å². The Labute approximate surface area is 98.4 Å². The Morgan fingerprint density at radius 1 is 1.56 bits per heavy atom. The molecule has 5 nitrogen and oxygen atoms in total. The van der Waals surface area contributed by atoms with E-state index < -0.39 is 0 Å². The molecule has 2 atom stereocenters. The molecule has 0 aliphatic heterocycles. The summed E-state index contributed by atoms with van der Waals surface area (Å²) in [5.41, 5.74) is 5.87. The maximum absolute atomic E-state index is 11.9. The molecule has 0 aromatic carbocycles. The zero-order chi connectivity index (χ0) is 11.5. The van der Waals surface area contributed by atoms with Crippen molar-refractivity contribution in [1.29, 1.82) is 0 Å². The molecule has 1 fully saturated rings. The molecule has 88 valence electrons. The van der Waals surface area contributed by atoms with Gasteiger partial charge in [0.15, 0.2) is 0 Å². The van der Waals surface area contributed by atoms with E-state index in [9.17, 15) is 4.79 Å². The zero-order valence-electron chi connectivity index (χ0n) is 9.27. The minimum Gasteiger partial charge on any atom is -0.327 e. The molecule has 1 aromatic rings. The van der Waals surface area contributed by atoms with Gasteiger partial charge in [-0.1, -0.05) is 24.7 Å². The van der Waals surface area contributed by atoms with Crippen LogP contribution in [0.25, 0.3) is 0 Å². The monoisotopic (exact) mass is 240 g/mol. The fourth-order valence-electron chi connectivity index (χ4n) is 1.96. The zero-order valence-corrected chi connectivity index (χ0v) is 10.1. The maximum Gasteiger partial charge on any atom is 0.230 e. The molecular weight excluding hydrogens is 224 g/mol. The predicted molar refractivity (Wildman–Crippen MR) is 63.2 cm³/mol. The molecule has 1 heterocycles. The van der Waals surface area contributed by atoms with E-state index in [1.165, 1.54) is 11.3 Å². The fourth-order valence-corrected chi connectivity index (χ4v) is 2.64. The summed E-state index contributed by atoms with van der Waals surface area (Å²) < 4.78 is 0. The third-order valence-electron chi connectivity index (χ3n) is 2.91. The number of aromatic nitrogens is 2. The molecular formula is C10H16N4OS. The molecule has 1 amide bonds. The number of nitrogens with zero attached hydrogens (tertiary/aromatic N) is 2. The molecule has 0 saturated heterocycles. The first-order chi connectivity index (χ1) is 7.70. The average Bonchev–Trinajstić information content (AvgIpc) is 2.86. The number of anilines is 1. The molecule has 2 rings (SSSR count). The van der Waals surface area contributed by atoms with Crippen molar-refractivity contribution in [3.05, 3.63) is 5.01 Å². The molecule has 0 bridgehead atoms. The number of rotatable bonds is 3. The van der Waals surface area contributed by atoms with Gasteiger partial charge in [-0.05, 0) is 19.3 Å². The first-order valence-corrected chi connectivity index (χ1v) is 6.41. The highest BCUT2D eigenvalue weighted by Gasteiger charge is 2.30. The summed E-state index contributed by atoms with van der Waals surface area (Å²) in [5, 5.41) is 12.2. The van der Waals surface area contributed by atoms with E-state index in [-0.39, 0.29) is 17.9 Å². The Balaban J connectivity index is 1.96. The van der Waals surface area contributed by atoms with Crippen LogP contribution in [-0.4, -0.2) is 22.1 Å². The number of carbonyl (C=O) groups is 1. The van der Waals surface area contributed by atoms with Gasteiger partial charge >= 0.3 is 0 Å². The van der Waals surface area contributed by atoms with Crippen LogP contribution in [0.15, 0.2) is 0 Å². The second-order valence-corrected chi connectivity index (χ2v) is 5.11. The fraction of sp³-hybridized carbons (Fsp3) is 0.700. The summed E-state index contributed by atoms with van der Waals surface area (Å²) >= 11 is 1.43. The second-order valence-electron chi connectivity index (χ2n) is 4.05. The quantitative estimate of drug-likeness (QED) is 0.831. The SMILES string of the molecule is CCc1nnc(NC(=O)C2CCCC2N)s1. The molecule has 16 heavy (non-hydrogen) atoms. The van der Waals surface area contributed by atoms with Crippen LogP contribution in [0.2, 0.25) is 0 Å².